The molecule has 9 nitrogen and oxygen atoms in total. The van der Waals surface area contributed by atoms with Crippen molar-refractivity contribution in [3.8, 4) is 0 Å². The van der Waals surface area contributed by atoms with Crippen LogP contribution in [0.2, 0.25) is 5.15 Å². The Bertz CT molecular complexity index is 650. The third-order valence-electron chi connectivity index (χ3n) is 3.61. The number of nitrogen functional groups attached to an aromatic ring is 2. The van der Waals surface area contributed by atoms with Gasteiger partial charge >= 0.3 is 0 Å². The average molecular weight is 411 g/mol. The van der Waals surface area contributed by atoms with Crippen LogP contribution in [0.5, 0.6) is 0 Å². The van der Waals surface area contributed by atoms with Gasteiger partial charge in [0.1, 0.15) is 11.0 Å². The van der Waals surface area contributed by atoms with Crippen LogP contribution in [-0.2, 0) is 0 Å². The largest absolute Gasteiger partial charge is 0.397 e. The molecular formula is C18H31ClN8O. The zero-order valence-electron chi connectivity index (χ0n) is 16.3. The molecule has 0 aromatic carbocycles. The highest BCUT2D eigenvalue weighted by molar-refractivity contribution is 6.29. The van der Waals surface area contributed by atoms with E-state index in [1.165, 1.54) is 31.9 Å². The third kappa shape index (κ3) is 13.0. The Labute approximate surface area is 171 Å². The first-order chi connectivity index (χ1) is 13.5. The zero-order valence-corrected chi connectivity index (χ0v) is 17.0. The molecule has 2 fully saturated rings. The Morgan fingerprint density at radius 3 is 1.93 bits per heavy atom. The molecule has 2 aromatic rings. The molecule has 28 heavy (non-hydrogen) atoms. The lowest BCUT2D eigenvalue weighted by Crippen LogP contribution is -2.06. The van der Waals surface area contributed by atoms with Gasteiger partial charge in [0.15, 0.2) is 0 Å². The van der Waals surface area contributed by atoms with Crippen molar-refractivity contribution in [1.29, 1.82) is 0 Å². The number of aromatic nitrogens is 4. The summed E-state index contributed by atoms with van der Waals surface area (Å²) >= 11 is 5.41. The molecular weight excluding hydrogens is 380 g/mol. The molecule has 156 valence electrons. The summed E-state index contributed by atoms with van der Waals surface area (Å²) in [6.45, 7) is 3.86. The predicted molar refractivity (Wildman–Crippen MR) is 114 cm³/mol. The predicted octanol–water partition coefficient (Wildman–Crippen LogP) is 1.95. The summed E-state index contributed by atoms with van der Waals surface area (Å²) in [6, 6.07) is 3.40. The van der Waals surface area contributed by atoms with E-state index in [-0.39, 0.29) is 12.6 Å². The minimum Gasteiger partial charge on any atom is -0.397 e. The van der Waals surface area contributed by atoms with Crippen molar-refractivity contribution in [2.24, 2.45) is 17.6 Å². The van der Waals surface area contributed by atoms with Crippen molar-refractivity contribution in [3.63, 3.8) is 0 Å². The van der Waals surface area contributed by atoms with E-state index < -0.39 is 0 Å². The topological polar surface area (TPSA) is 162 Å². The number of aliphatic hydroxyl groups excluding tert-OH is 1. The van der Waals surface area contributed by atoms with Gasteiger partial charge in [-0.2, -0.15) is 4.98 Å². The molecule has 2 saturated carbocycles. The highest BCUT2D eigenvalue weighted by atomic mass is 35.5. The fourth-order valence-electron chi connectivity index (χ4n) is 1.75. The minimum absolute atomic E-state index is 0.206. The van der Waals surface area contributed by atoms with E-state index >= 15 is 0 Å². The van der Waals surface area contributed by atoms with E-state index in [1.807, 2.05) is 6.07 Å². The van der Waals surface area contributed by atoms with Gasteiger partial charge in [0, 0.05) is 25.5 Å². The fraction of sp³-hybridized carbons (Fsp3) is 0.556. The Morgan fingerprint density at radius 1 is 1.04 bits per heavy atom. The van der Waals surface area contributed by atoms with Crippen LogP contribution >= 0.6 is 11.6 Å². The molecule has 0 radical (unpaired) electrons. The molecule has 8 N–H and O–H groups in total. The number of anilines is 3. The Kier molecular flexibility index (Phi) is 11.8. The van der Waals surface area contributed by atoms with Crippen molar-refractivity contribution < 1.29 is 5.11 Å². The van der Waals surface area contributed by atoms with Crippen molar-refractivity contribution in [2.75, 3.05) is 36.5 Å². The monoisotopic (exact) mass is 410 g/mol. The van der Waals surface area contributed by atoms with Crippen molar-refractivity contribution >= 4 is 29.3 Å². The van der Waals surface area contributed by atoms with Gasteiger partial charge < -0.3 is 27.6 Å². The van der Waals surface area contributed by atoms with Gasteiger partial charge in [-0.1, -0.05) is 11.6 Å². The molecule has 2 aromatic heterocycles. The number of nitrogens with two attached hydrogens (primary N) is 3. The number of halogens is 1. The minimum atomic E-state index is 0.206. The molecule has 0 amide bonds. The van der Waals surface area contributed by atoms with E-state index in [0.717, 1.165) is 30.7 Å². The highest BCUT2D eigenvalue weighted by Crippen LogP contribution is 2.28. The first-order valence-electron chi connectivity index (χ1n) is 9.35. The SMILES string of the molecule is CCO.NCC1CC1.Nc1nccc(Cl)n1.Nc1nccc(NCC2CC2)n1. The van der Waals surface area contributed by atoms with Gasteiger partial charge in [0.05, 0.1) is 0 Å². The lowest BCUT2D eigenvalue weighted by atomic mass is 10.4. The highest BCUT2D eigenvalue weighted by Gasteiger charge is 2.20. The van der Waals surface area contributed by atoms with Crippen molar-refractivity contribution in [1.82, 2.24) is 19.9 Å². The summed E-state index contributed by atoms with van der Waals surface area (Å²) < 4.78 is 0. The van der Waals surface area contributed by atoms with Gasteiger partial charge in [-0.05, 0) is 63.1 Å². The number of rotatable bonds is 4. The molecule has 2 heterocycles. The van der Waals surface area contributed by atoms with Crippen LogP contribution in [-0.4, -0.2) is 44.7 Å². The maximum Gasteiger partial charge on any atom is 0.221 e. The zero-order chi connectivity index (χ0) is 20.8. The van der Waals surface area contributed by atoms with E-state index in [4.69, 9.17) is 33.9 Å². The second kappa shape index (κ2) is 13.9. The van der Waals surface area contributed by atoms with E-state index in [9.17, 15) is 0 Å². The van der Waals surface area contributed by atoms with E-state index in [2.05, 4.69) is 25.3 Å². The summed E-state index contributed by atoms with van der Waals surface area (Å²) in [5, 5.41) is 11.2. The maximum absolute atomic E-state index is 7.57. The Morgan fingerprint density at radius 2 is 1.57 bits per heavy atom. The van der Waals surface area contributed by atoms with Crippen LogP contribution in [0.15, 0.2) is 24.5 Å². The Balaban J connectivity index is 0.000000211. The molecule has 0 unspecified atom stereocenters. The summed E-state index contributed by atoms with van der Waals surface area (Å²) in [5.41, 5.74) is 15.8. The second-order valence-electron chi connectivity index (χ2n) is 6.36. The molecule has 2 aliphatic rings. The summed E-state index contributed by atoms with van der Waals surface area (Å²) in [6.07, 6.45) is 8.62. The lowest BCUT2D eigenvalue weighted by Gasteiger charge is -2.03. The van der Waals surface area contributed by atoms with Gasteiger partial charge in [-0.25, -0.2) is 15.0 Å². The molecule has 0 aliphatic heterocycles. The maximum atomic E-state index is 7.57. The smallest absolute Gasteiger partial charge is 0.221 e. The molecule has 4 rings (SSSR count). The first-order valence-corrected chi connectivity index (χ1v) is 9.73. The van der Waals surface area contributed by atoms with E-state index in [1.54, 1.807) is 19.2 Å². The number of hydrogen-bond donors (Lipinski definition) is 5. The summed E-state index contributed by atoms with van der Waals surface area (Å²) in [4.78, 5) is 15.1. The number of hydrogen-bond acceptors (Lipinski definition) is 9. The van der Waals surface area contributed by atoms with Crippen LogP contribution in [0.4, 0.5) is 17.7 Å². The van der Waals surface area contributed by atoms with Crippen LogP contribution < -0.4 is 22.5 Å². The van der Waals surface area contributed by atoms with Gasteiger partial charge in [-0.15, -0.1) is 0 Å². The number of aliphatic hydroxyl groups is 1. The van der Waals surface area contributed by atoms with Crippen LogP contribution in [0.1, 0.15) is 32.6 Å². The molecule has 0 bridgehead atoms. The van der Waals surface area contributed by atoms with Gasteiger partial charge in [0.25, 0.3) is 0 Å². The molecule has 10 heteroatoms. The van der Waals surface area contributed by atoms with Gasteiger partial charge in [0.2, 0.25) is 11.9 Å². The quantitative estimate of drug-likeness (QED) is 0.474. The molecule has 0 spiro atoms. The number of nitrogens with zero attached hydrogens (tertiary/aromatic N) is 4. The van der Waals surface area contributed by atoms with Crippen LogP contribution in [0.25, 0.3) is 0 Å². The molecule has 0 saturated heterocycles. The standard InChI is InChI=1S/C8H12N4.C4H4ClN3.C4H9N.C2H6O/c9-8-10-4-3-7(12-8)11-5-6-1-2-6;5-3-1-2-7-4(6)8-3;5-3-4-1-2-4;1-2-3/h3-4,6H,1-2,5H2,(H3,9,10,11,12);1-2H,(H2,6,7,8);4H,1-3,5H2;3H,2H2,1H3. The van der Waals surface area contributed by atoms with Gasteiger partial charge in [-0.3, -0.25) is 0 Å². The second-order valence-corrected chi connectivity index (χ2v) is 6.74. The number of nitrogens with one attached hydrogen (secondary N) is 1. The van der Waals surface area contributed by atoms with Crippen LogP contribution in [0.3, 0.4) is 0 Å². The molecule has 2 aliphatic carbocycles. The van der Waals surface area contributed by atoms with E-state index in [0.29, 0.717) is 11.1 Å². The van der Waals surface area contributed by atoms with Crippen molar-refractivity contribution in [3.05, 3.63) is 29.7 Å². The van der Waals surface area contributed by atoms with Crippen molar-refractivity contribution in [2.45, 2.75) is 32.6 Å². The summed E-state index contributed by atoms with van der Waals surface area (Å²) in [7, 11) is 0. The third-order valence-corrected chi connectivity index (χ3v) is 3.82. The fourth-order valence-corrected chi connectivity index (χ4v) is 1.89. The first kappa shape index (κ1) is 23.8. The normalized spacial score (nSPS) is 14.3. The Hall–Kier alpha value is -2.23. The average Bonchev–Trinajstić information content (AvgIpc) is 3.57. The lowest BCUT2D eigenvalue weighted by molar-refractivity contribution is 0.318. The molecule has 0 atom stereocenters. The van der Waals surface area contributed by atoms with Crippen LogP contribution in [0, 0.1) is 11.8 Å². The summed E-state index contributed by atoms with van der Waals surface area (Å²) in [5.74, 6) is 3.12.